The number of benzene rings is 1. The van der Waals surface area contributed by atoms with Crippen molar-refractivity contribution in [1.29, 1.82) is 0 Å². The monoisotopic (exact) mass is 243 g/mol. The third-order valence-corrected chi connectivity index (χ3v) is 2.75. The molecule has 0 atom stereocenters. The van der Waals surface area contributed by atoms with E-state index in [1.807, 2.05) is 0 Å². The molecule has 0 aliphatic heterocycles. The van der Waals surface area contributed by atoms with Gasteiger partial charge in [-0.3, -0.25) is 10.1 Å². The molecule has 1 rings (SSSR count). The van der Waals surface area contributed by atoms with Crippen molar-refractivity contribution < 1.29 is 36.8 Å². The maximum absolute atomic E-state index is 10.6. The van der Waals surface area contributed by atoms with Crippen molar-refractivity contribution >= 4 is 27.4 Å². The Morgan fingerprint density at radius 3 is 2.20 bits per heavy atom. The van der Waals surface area contributed by atoms with Gasteiger partial charge in [-0.2, -0.15) is 0 Å². The molecule has 15 heavy (non-hydrogen) atoms. The number of hydrogen-bond donors (Lipinski definition) is 0. The van der Waals surface area contributed by atoms with Crippen molar-refractivity contribution in [1.82, 2.24) is 0 Å². The Kier molecular flexibility index (Phi) is 4.77. The SMILES string of the molecule is O=[N+]([O-])c1cccc(Cl)c1S(=O)(=O)[O-].[Li+]. The molecule has 0 fully saturated rings. The molecule has 0 aliphatic rings. The van der Waals surface area contributed by atoms with Crippen LogP contribution in [0, 0.1) is 10.1 Å². The Morgan fingerprint density at radius 2 is 1.87 bits per heavy atom. The third-order valence-electron chi connectivity index (χ3n) is 1.39. The minimum absolute atomic E-state index is 0. The van der Waals surface area contributed by atoms with Crippen molar-refractivity contribution in [3.63, 3.8) is 0 Å². The number of rotatable bonds is 2. The first-order valence-corrected chi connectivity index (χ1v) is 5.01. The molecule has 1 aromatic carbocycles. The second-order valence-electron chi connectivity index (χ2n) is 2.30. The van der Waals surface area contributed by atoms with E-state index < -0.39 is 30.6 Å². The van der Waals surface area contributed by atoms with Crippen LogP contribution in [0.5, 0.6) is 0 Å². The smallest absolute Gasteiger partial charge is 0.744 e. The van der Waals surface area contributed by atoms with Gasteiger partial charge >= 0.3 is 18.9 Å². The predicted octanol–water partition coefficient (Wildman–Crippen LogP) is -1.84. The zero-order chi connectivity index (χ0) is 10.9. The average Bonchev–Trinajstić information content (AvgIpc) is 2.01. The van der Waals surface area contributed by atoms with Gasteiger partial charge < -0.3 is 4.55 Å². The van der Waals surface area contributed by atoms with E-state index in [-0.39, 0.29) is 18.9 Å². The maximum atomic E-state index is 10.6. The molecule has 9 heteroatoms. The summed E-state index contributed by atoms with van der Waals surface area (Å²) in [5, 5.41) is 9.91. The van der Waals surface area contributed by atoms with Gasteiger partial charge in [0.15, 0.2) is 4.90 Å². The van der Waals surface area contributed by atoms with Crippen LogP contribution >= 0.6 is 11.6 Å². The van der Waals surface area contributed by atoms with Crippen LogP contribution in [0.2, 0.25) is 5.02 Å². The molecule has 0 heterocycles. The number of hydrogen-bond acceptors (Lipinski definition) is 5. The summed E-state index contributed by atoms with van der Waals surface area (Å²) in [5.74, 6) is 0. The fourth-order valence-corrected chi connectivity index (χ4v) is 2.05. The number of halogens is 1. The first-order chi connectivity index (χ1) is 6.34. The van der Waals surface area contributed by atoms with Gasteiger partial charge in [-0.15, -0.1) is 0 Å². The van der Waals surface area contributed by atoms with E-state index in [4.69, 9.17) is 11.6 Å². The Hall–Kier alpha value is -0.583. The number of nitrogens with zero attached hydrogens (tertiary/aromatic N) is 1. The van der Waals surface area contributed by atoms with Gasteiger partial charge in [0, 0.05) is 6.07 Å². The van der Waals surface area contributed by atoms with E-state index in [1.165, 1.54) is 6.07 Å². The van der Waals surface area contributed by atoms with E-state index in [9.17, 15) is 23.1 Å². The zero-order valence-corrected chi connectivity index (χ0v) is 9.08. The zero-order valence-electron chi connectivity index (χ0n) is 7.51. The van der Waals surface area contributed by atoms with Crippen molar-refractivity contribution in [2.45, 2.75) is 4.90 Å². The topological polar surface area (TPSA) is 100 Å². The number of nitro groups is 1. The van der Waals surface area contributed by atoms with Crippen LogP contribution in [0.15, 0.2) is 23.1 Å². The van der Waals surface area contributed by atoms with Crippen LogP contribution in [0.4, 0.5) is 5.69 Å². The van der Waals surface area contributed by atoms with Crippen LogP contribution in [0.1, 0.15) is 0 Å². The van der Waals surface area contributed by atoms with Crippen LogP contribution < -0.4 is 18.9 Å². The van der Waals surface area contributed by atoms with Crippen molar-refractivity contribution in [3.05, 3.63) is 33.3 Å². The van der Waals surface area contributed by atoms with E-state index in [2.05, 4.69) is 0 Å². The molecule has 0 radical (unpaired) electrons. The molecular formula is C6H3ClLiNO5S. The summed E-state index contributed by atoms with van der Waals surface area (Å²) in [4.78, 5) is 8.39. The molecule has 0 saturated carbocycles. The molecule has 0 aromatic heterocycles. The van der Waals surface area contributed by atoms with E-state index >= 15 is 0 Å². The van der Waals surface area contributed by atoms with Gasteiger partial charge in [-0.05, 0) is 6.07 Å². The molecule has 0 spiro atoms. The van der Waals surface area contributed by atoms with Gasteiger partial charge in [-0.1, -0.05) is 17.7 Å². The fourth-order valence-electron chi connectivity index (χ4n) is 0.889. The van der Waals surface area contributed by atoms with Crippen LogP contribution in [-0.2, 0) is 10.1 Å². The van der Waals surface area contributed by atoms with Crippen molar-refractivity contribution in [2.75, 3.05) is 0 Å². The molecule has 1 aromatic rings. The van der Waals surface area contributed by atoms with E-state index in [0.29, 0.717) is 0 Å². The third kappa shape index (κ3) is 3.19. The Bertz CT molecular complexity index is 488. The Morgan fingerprint density at radius 1 is 1.33 bits per heavy atom. The molecule has 76 valence electrons. The van der Waals surface area contributed by atoms with E-state index in [1.54, 1.807) is 0 Å². The van der Waals surface area contributed by atoms with E-state index in [0.717, 1.165) is 12.1 Å². The summed E-state index contributed by atoms with van der Waals surface area (Å²) in [6.45, 7) is 0. The fraction of sp³-hybridized carbons (Fsp3) is 0. The first-order valence-electron chi connectivity index (χ1n) is 3.23. The summed E-state index contributed by atoms with van der Waals surface area (Å²) in [6.07, 6.45) is 0. The summed E-state index contributed by atoms with van der Waals surface area (Å²) in [6, 6.07) is 3.19. The standard InChI is InChI=1S/C6H4ClNO5S.Li/c7-4-2-1-3-5(8(9)10)6(4)14(11,12)13;/h1-3H,(H,11,12,13);/q;+1/p-1. The van der Waals surface area contributed by atoms with Gasteiger partial charge in [0.25, 0.3) is 5.69 Å². The molecule has 0 saturated heterocycles. The second-order valence-corrected chi connectivity index (χ2v) is 4.02. The van der Waals surface area contributed by atoms with Crippen LogP contribution in [0.25, 0.3) is 0 Å². The van der Waals surface area contributed by atoms with Gasteiger partial charge in [0.1, 0.15) is 10.1 Å². The van der Waals surface area contributed by atoms with Gasteiger partial charge in [-0.25, -0.2) is 8.42 Å². The Balaban J connectivity index is 0.00000196. The minimum Gasteiger partial charge on any atom is -0.744 e. The molecule has 0 amide bonds. The summed E-state index contributed by atoms with van der Waals surface area (Å²) in [7, 11) is -4.93. The average molecular weight is 244 g/mol. The number of nitro benzene ring substituents is 1. The summed E-state index contributed by atoms with van der Waals surface area (Å²) in [5.41, 5.74) is -0.812. The summed E-state index contributed by atoms with van der Waals surface area (Å²) >= 11 is 5.37. The Labute approximate surface area is 102 Å². The molecular weight excluding hydrogens is 241 g/mol. The second kappa shape index (κ2) is 4.96. The molecule has 0 aliphatic carbocycles. The maximum Gasteiger partial charge on any atom is 1.00 e. The largest absolute Gasteiger partial charge is 1.00 e. The van der Waals surface area contributed by atoms with Crippen molar-refractivity contribution in [2.24, 2.45) is 0 Å². The molecule has 6 nitrogen and oxygen atoms in total. The molecule has 0 bridgehead atoms. The quantitative estimate of drug-likeness (QED) is 0.263. The summed E-state index contributed by atoms with van der Waals surface area (Å²) < 4.78 is 31.9. The molecule has 0 N–H and O–H groups in total. The van der Waals surface area contributed by atoms with Crippen molar-refractivity contribution in [3.8, 4) is 0 Å². The molecule has 0 unspecified atom stereocenters. The minimum atomic E-state index is -4.93. The first kappa shape index (κ1) is 14.4. The van der Waals surface area contributed by atoms with Crippen LogP contribution in [-0.4, -0.2) is 17.9 Å². The predicted molar refractivity (Wildman–Crippen MR) is 46.1 cm³/mol. The van der Waals surface area contributed by atoms with Crippen LogP contribution in [0.3, 0.4) is 0 Å². The van der Waals surface area contributed by atoms with Gasteiger partial charge in [0.2, 0.25) is 0 Å². The normalized spacial score (nSPS) is 10.5. The van der Waals surface area contributed by atoms with Gasteiger partial charge in [0.05, 0.1) is 9.95 Å².